The second kappa shape index (κ2) is 4.35. The maximum absolute atomic E-state index is 9.96. The van der Waals surface area contributed by atoms with E-state index in [0.717, 1.165) is 30.1 Å². The number of fused-ring (bicyclic) bond motifs is 5. The van der Waals surface area contributed by atoms with Gasteiger partial charge in [0.25, 0.3) is 0 Å². The van der Waals surface area contributed by atoms with Crippen LogP contribution in [0.5, 0.6) is 0 Å². The molecule has 3 fully saturated rings. The summed E-state index contributed by atoms with van der Waals surface area (Å²) >= 11 is 0. The molecule has 0 saturated heterocycles. The van der Waals surface area contributed by atoms with Crippen molar-refractivity contribution in [1.29, 1.82) is 0 Å². The smallest absolute Gasteiger partial charge is 0.0724 e. The normalized spacial score (nSPS) is 57.9. The molecule has 4 aliphatic carbocycles. The number of hydrogen-bond donors (Lipinski definition) is 1. The Labute approximate surface area is 123 Å². The Bertz CT molecular complexity index is 427. The summed E-state index contributed by atoms with van der Waals surface area (Å²) in [6, 6.07) is 0. The Hall–Kier alpha value is -0.300. The molecule has 0 aliphatic heterocycles. The lowest BCUT2D eigenvalue weighted by atomic mass is 9.46. The van der Waals surface area contributed by atoms with Gasteiger partial charge in [-0.05, 0) is 79.4 Å². The molecule has 0 aromatic carbocycles. The fourth-order valence-corrected chi connectivity index (χ4v) is 6.78. The van der Waals surface area contributed by atoms with E-state index in [2.05, 4.69) is 26.0 Å². The Morgan fingerprint density at radius 3 is 2.70 bits per heavy atom. The molecule has 1 N–H and O–H groups in total. The first-order chi connectivity index (χ1) is 9.53. The molecule has 0 bridgehead atoms. The van der Waals surface area contributed by atoms with Gasteiger partial charge in [0.15, 0.2) is 0 Å². The predicted octanol–water partition coefficient (Wildman–Crippen LogP) is 4.56. The lowest BCUT2D eigenvalue weighted by Crippen LogP contribution is -2.51. The van der Waals surface area contributed by atoms with E-state index < -0.39 is 0 Å². The topological polar surface area (TPSA) is 20.2 Å². The highest BCUT2D eigenvalue weighted by molar-refractivity contribution is 5.16. The Morgan fingerprint density at radius 1 is 1.00 bits per heavy atom. The fraction of sp³-hybridized carbons (Fsp3) is 0.895. The number of aliphatic hydroxyl groups excluding tert-OH is 1. The Kier molecular flexibility index (Phi) is 2.91. The number of aliphatic hydroxyl groups is 1. The summed E-state index contributed by atoms with van der Waals surface area (Å²) in [5, 5.41) is 9.96. The van der Waals surface area contributed by atoms with Gasteiger partial charge in [0.05, 0.1) is 6.10 Å². The van der Waals surface area contributed by atoms with Crippen molar-refractivity contribution in [3.63, 3.8) is 0 Å². The van der Waals surface area contributed by atoms with Gasteiger partial charge in [0, 0.05) is 0 Å². The molecular formula is C19H30O. The summed E-state index contributed by atoms with van der Waals surface area (Å²) in [6.07, 6.45) is 15.5. The molecule has 112 valence electrons. The van der Waals surface area contributed by atoms with Crippen LogP contribution >= 0.6 is 0 Å². The zero-order valence-corrected chi connectivity index (χ0v) is 13.1. The third kappa shape index (κ3) is 1.71. The van der Waals surface area contributed by atoms with E-state index in [9.17, 15) is 5.11 Å². The average Bonchev–Trinajstić information content (AvgIpc) is 2.81. The monoisotopic (exact) mass is 274 g/mol. The standard InChI is InChI=1S/C19H30O/c1-18-9-3-4-16(18)15-6-5-13-12-14(20)7-11-19(13,2)17(15)8-10-18/h7,11,13-17,20H,3-6,8-10,12H2,1-2H3/t13-,14+,15-,16-,17-,18-,19-/m0/s1. The van der Waals surface area contributed by atoms with Crippen LogP contribution in [0.25, 0.3) is 0 Å². The molecule has 3 saturated carbocycles. The van der Waals surface area contributed by atoms with Gasteiger partial charge in [-0.3, -0.25) is 0 Å². The highest BCUT2D eigenvalue weighted by atomic mass is 16.3. The van der Waals surface area contributed by atoms with Crippen LogP contribution in [0.3, 0.4) is 0 Å². The van der Waals surface area contributed by atoms with Crippen LogP contribution in [0.4, 0.5) is 0 Å². The molecule has 1 heteroatoms. The van der Waals surface area contributed by atoms with Crippen molar-refractivity contribution in [2.75, 3.05) is 0 Å². The maximum atomic E-state index is 9.96. The van der Waals surface area contributed by atoms with Crippen molar-refractivity contribution in [3.8, 4) is 0 Å². The minimum atomic E-state index is -0.176. The van der Waals surface area contributed by atoms with Gasteiger partial charge in [-0.2, -0.15) is 0 Å². The molecule has 0 amide bonds. The average molecular weight is 274 g/mol. The molecule has 7 atom stereocenters. The van der Waals surface area contributed by atoms with Crippen molar-refractivity contribution in [1.82, 2.24) is 0 Å². The van der Waals surface area contributed by atoms with Crippen LogP contribution in [0.2, 0.25) is 0 Å². The summed E-state index contributed by atoms with van der Waals surface area (Å²) in [6.45, 7) is 5.09. The molecule has 0 radical (unpaired) electrons. The molecule has 4 aliphatic rings. The SMILES string of the molecule is C[C@@]12CCC[C@H]1[C@@H]1CC[C@H]3C[C@H](O)C=C[C@]3(C)[C@H]1CC2. The first kappa shape index (κ1) is 13.4. The van der Waals surface area contributed by atoms with Crippen LogP contribution in [0, 0.1) is 34.5 Å². The van der Waals surface area contributed by atoms with Crippen LogP contribution in [0.1, 0.15) is 65.2 Å². The van der Waals surface area contributed by atoms with Gasteiger partial charge in [0.2, 0.25) is 0 Å². The molecule has 0 unspecified atom stereocenters. The van der Waals surface area contributed by atoms with Gasteiger partial charge in [-0.1, -0.05) is 32.4 Å². The van der Waals surface area contributed by atoms with E-state index in [0.29, 0.717) is 10.8 Å². The molecule has 0 spiro atoms. The van der Waals surface area contributed by atoms with Crippen LogP contribution < -0.4 is 0 Å². The summed E-state index contributed by atoms with van der Waals surface area (Å²) in [5.74, 6) is 3.59. The molecule has 0 heterocycles. The predicted molar refractivity (Wildman–Crippen MR) is 82.3 cm³/mol. The quantitative estimate of drug-likeness (QED) is 0.642. The van der Waals surface area contributed by atoms with Crippen LogP contribution in [-0.2, 0) is 0 Å². The summed E-state index contributed by atoms with van der Waals surface area (Å²) in [5.41, 5.74) is 1.05. The minimum Gasteiger partial charge on any atom is -0.389 e. The summed E-state index contributed by atoms with van der Waals surface area (Å²) in [7, 11) is 0. The van der Waals surface area contributed by atoms with E-state index in [1.165, 1.54) is 44.9 Å². The molecule has 4 rings (SSSR count). The van der Waals surface area contributed by atoms with Gasteiger partial charge >= 0.3 is 0 Å². The van der Waals surface area contributed by atoms with E-state index in [-0.39, 0.29) is 6.10 Å². The fourth-order valence-electron chi connectivity index (χ4n) is 6.78. The number of allylic oxidation sites excluding steroid dienone is 1. The van der Waals surface area contributed by atoms with Gasteiger partial charge in [0.1, 0.15) is 0 Å². The second-order valence-corrected chi connectivity index (χ2v) is 8.76. The zero-order valence-electron chi connectivity index (χ0n) is 13.1. The first-order valence-electron chi connectivity index (χ1n) is 8.90. The van der Waals surface area contributed by atoms with E-state index >= 15 is 0 Å². The number of hydrogen-bond acceptors (Lipinski definition) is 1. The van der Waals surface area contributed by atoms with E-state index in [4.69, 9.17) is 0 Å². The Balaban J connectivity index is 1.67. The zero-order chi connectivity index (χ0) is 14.0. The lowest BCUT2D eigenvalue weighted by molar-refractivity contribution is -0.0760. The second-order valence-electron chi connectivity index (χ2n) is 8.76. The summed E-state index contributed by atoms with van der Waals surface area (Å²) in [4.78, 5) is 0. The largest absolute Gasteiger partial charge is 0.389 e. The first-order valence-corrected chi connectivity index (χ1v) is 8.90. The highest BCUT2D eigenvalue weighted by Crippen LogP contribution is 2.65. The van der Waals surface area contributed by atoms with E-state index in [1.807, 2.05) is 0 Å². The maximum Gasteiger partial charge on any atom is 0.0724 e. The van der Waals surface area contributed by atoms with Crippen molar-refractivity contribution in [2.45, 2.75) is 71.3 Å². The van der Waals surface area contributed by atoms with Crippen molar-refractivity contribution in [3.05, 3.63) is 12.2 Å². The third-order valence-electron chi connectivity index (χ3n) is 7.95. The Morgan fingerprint density at radius 2 is 1.85 bits per heavy atom. The number of rotatable bonds is 0. The van der Waals surface area contributed by atoms with Gasteiger partial charge < -0.3 is 5.11 Å². The molecule has 1 nitrogen and oxygen atoms in total. The molecule has 0 aromatic heterocycles. The molecule has 20 heavy (non-hydrogen) atoms. The van der Waals surface area contributed by atoms with Crippen molar-refractivity contribution < 1.29 is 5.11 Å². The third-order valence-corrected chi connectivity index (χ3v) is 7.95. The molecular weight excluding hydrogens is 244 g/mol. The van der Waals surface area contributed by atoms with Gasteiger partial charge in [-0.25, -0.2) is 0 Å². The van der Waals surface area contributed by atoms with Crippen molar-refractivity contribution >= 4 is 0 Å². The summed E-state index contributed by atoms with van der Waals surface area (Å²) < 4.78 is 0. The highest BCUT2D eigenvalue weighted by Gasteiger charge is 2.56. The van der Waals surface area contributed by atoms with Crippen LogP contribution in [0.15, 0.2) is 12.2 Å². The van der Waals surface area contributed by atoms with Crippen molar-refractivity contribution in [2.24, 2.45) is 34.5 Å². The molecule has 0 aromatic rings. The van der Waals surface area contributed by atoms with Crippen LogP contribution in [-0.4, -0.2) is 11.2 Å². The van der Waals surface area contributed by atoms with Gasteiger partial charge in [-0.15, -0.1) is 0 Å². The lowest BCUT2D eigenvalue weighted by Gasteiger charge is -2.58. The minimum absolute atomic E-state index is 0.176. The van der Waals surface area contributed by atoms with E-state index in [1.54, 1.807) is 0 Å².